The van der Waals surface area contributed by atoms with Crippen molar-refractivity contribution in [2.75, 3.05) is 18.6 Å². The fourth-order valence-corrected chi connectivity index (χ4v) is 4.77. The van der Waals surface area contributed by atoms with E-state index in [1.54, 1.807) is 36.5 Å². The molecule has 2 heterocycles. The number of amides is 1. The molecule has 3 N–H and O–H groups in total. The number of para-hydroxylation sites is 1. The third-order valence-electron chi connectivity index (χ3n) is 6.48. The van der Waals surface area contributed by atoms with Crippen LogP contribution in [0.3, 0.4) is 0 Å². The fourth-order valence-electron chi connectivity index (χ4n) is 4.77. The number of ketones is 1. The molecule has 0 aliphatic carbocycles. The molecule has 0 radical (unpaired) electrons. The largest absolute Gasteiger partial charge is 0.507 e. The molecule has 8 nitrogen and oxygen atoms in total. The first kappa shape index (κ1) is 24.0. The summed E-state index contributed by atoms with van der Waals surface area (Å²) in [6.45, 7) is 4.02. The molecular weight excluding hydrogens is 472 g/mol. The second kappa shape index (κ2) is 9.39. The highest BCUT2D eigenvalue weighted by atomic mass is 16.5. The molecular formula is C29H26N2O6. The number of anilines is 1. The Balaban J connectivity index is 1.79. The number of aromatic amines is 1. The summed E-state index contributed by atoms with van der Waals surface area (Å²) in [5.74, 6) is -1.29. The van der Waals surface area contributed by atoms with Crippen LogP contribution in [0.4, 0.5) is 5.69 Å². The van der Waals surface area contributed by atoms with E-state index in [1.165, 1.54) is 18.1 Å². The first-order valence-corrected chi connectivity index (χ1v) is 11.8. The third kappa shape index (κ3) is 3.96. The Hall–Kier alpha value is -4.72. The van der Waals surface area contributed by atoms with Gasteiger partial charge in [-0.1, -0.05) is 30.3 Å². The predicted molar refractivity (Wildman–Crippen MR) is 140 cm³/mol. The lowest BCUT2D eigenvalue weighted by Crippen LogP contribution is -2.29. The van der Waals surface area contributed by atoms with Crippen LogP contribution < -0.4 is 14.4 Å². The van der Waals surface area contributed by atoms with Gasteiger partial charge in [-0.15, -0.1) is 0 Å². The number of carbonyl (C=O) groups is 2. The van der Waals surface area contributed by atoms with Gasteiger partial charge in [0.15, 0.2) is 11.5 Å². The first-order chi connectivity index (χ1) is 17.8. The number of benzene rings is 3. The van der Waals surface area contributed by atoms with Gasteiger partial charge in [-0.25, -0.2) is 0 Å². The van der Waals surface area contributed by atoms with E-state index in [9.17, 15) is 19.8 Å². The molecule has 37 heavy (non-hydrogen) atoms. The van der Waals surface area contributed by atoms with Gasteiger partial charge >= 0.3 is 0 Å². The van der Waals surface area contributed by atoms with Crippen molar-refractivity contribution in [2.24, 2.45) is 0 Å². The summed E-state index contributed by atoms with van der Waals surface area (Å²) in [5, 5.41) is 22.9. The molecule has 1 aliphatic rings. The van der Waals surface area contributed by atoms with Gasteiger partial charge in [0.1, 0.15) is 11.5 Å². The minimum absolute atomic E-state index is 0.0942. The van der Waals surface area contributed by atoms with Gasteiger partial charge in [-0.05, 0) is 55.3 Å². The number of carbonyl (C=O) groups excluding carboxylic acids is 2. The zero-order chi connectivity index (χ0) is 26.3. The van der Waals surface area contributed by atoms with Gasteiger partial charge in [0.2, 0.25) is 0 Å². The highest BCUT2D eigenvalue weighted by molar-refractivity contribution is 6.52. The monoisotopic (exact) mass is 498 g/mol. The minimum Gasteiger partial charge on any atom is -0.507 e. The van der Waals surface area contributed by atoms with Crippen LogP contribution in [0, 0.1) is 6.92 Å². The van der Waals surface area contributed by atoms with Crippen molar-refractivity contribution in [1.29, 1.82) is 0 Å². The number of hydrogen-bond donors (Lipinski definition) is 3. The van der Waals surface area contributed by atoms with Crippen LogP contribution in [0.1, 0.15) is 29.7 Å². The van der Waals surface area contributed by atoms with E-state index in [2.05, 4.69) is 4.98 Å². The number of aryl methyl sites for hydroxylation is 1. The summed E-state index contributed by atoms with van der Waals surface area (Å²) in [6.07, 6.45) is 1.61. The lowest BCUT2D eigenvalue weighted by atomic mass is 9.94. The number of H-pyrrole nitrogens is 1. The number of phenolic OH excluding ortho intramolecular Hbond substituents is 1. The van der Waals surface area contributed by atoms with E-state index in [4.69, 9.17) is 9.47 Å². The molecule has 4 aromatic rings. The zero-order valence-electron chi connectivity index (χ0n) is 20.6. The molecule has 0 saturated carbocycles. The van der Waals surface area contributed by atoms with Crippen molar-refractivity contribution in [3.63, 3.8) is 0 Å². The van der Waals surface area contributed by atoms with Crippen molar-refractivity contribution in [1.82, 2.24) is 4.98 Å². The van der Waals surface area contributed by atoms with Crippen molar-refractivity contribution in [3.05, 3.63) is 89.1 Å². The lowest BCUT2D eigenvalue weighted by molar-refractivity contribution is -0.132. The number of rotatable bonds is 6. The number of hydrogen-bond acceptors (Lipinski definition) is 6. The van der Waals surface area contributed by atoms with Crippen molar-refractivity contribution in [3.8, 4) is 17.2 Å². The molecule has 1 aliphatic heterocycles. The molecule has 1 amide bonds. The average molecular weight is 499 g/mol. The average Bonchev–Trinajstić information content (AvgIpc) is 3.44. The number of aliphatic hydroxyl groups excluding tert-OH is 1. The number of nitrogens with zero attached hydrogens (tertiary/aromatic N) is 1. The lowest BCUT2D eigenvalue weighted by Gasteiger charge is -2.27. The van der Waals surface area contributed by atoms with Crippen molar-refractivity contribution in [2.45, 2.75) is 19.9 Å². The van der Waals surface area contributed by atoms with Crippen LogP contribution in [0.2, 0.25) is 0 Å². The maximum atomic E-state index is 13.5. The number of aromatic hydroxyl groups is 1. The number of aliphatic hydroxyl groups is 1. The topological polar surface area (TPSA) is 112 Å². The number of Topliss-reactive ketones (excluding diaryl/α,β-unsaturated/α-hetero) is 1. The van der Waals surface area contributed by atoms with Crippen LogP contribution in [-0.2, 0) is 9.59 Å². The van der Waals surface area contributed by atoms with E-state index in [-0.39, 0.29) is 22.8 Å². The van der Waals surface area contributed by atoms with Crippen LogP contribution in [0.15, 0.2) is 72.4 Å². The Bertz CT molecular complexity index is 1570. The maximum absolute atomic E-state index is 13.5. The number of aromatic nitrogens is 1. The third-order valence-corrected chi connectivity index (χ3v) is 6.48. The van der Waals surface area contributed by atoms with Crippen LogP contribution in [0.5, 0.6) is 17.2 Å². The van der Waals surface area contributed by atoms with E-state index in [0.29, 0.717) is 34.6 Å². The van der Waals surface area contributed by atoms with Crippen LogP contribution in [-0.4, -0.2) is 40.6 Å². The summed E-state index contributed by atoms with van der Waals surface area (Å²) in [5.41, 5.74) is 2.53. The van der Waals surface area contributed by atoms with E-state index >= 15 is 0 Å². The van der Waals surface area contributed by atoms with Gasteiger partial charge in [0, 0.05) is 22.7 Å². The molecule has 1 atom stereocenters. The highest BCUT2D eigenvalue weighted by Crippen LogP contribution is 2.46. The molecule has 1 fully saturated rings. The Morgan fingerprint density at radius 1 is 1.05 bits per heavy atom. The number of phenols is 1. The zero-order valence-corrected chi connectivity index (χ0v) is 20.6. The van der Waals surface area contributed by atoms with Gasteiger partial charge < -0.3 is 24.7 Å². The predicted octanol–water partition coefficient (Wildman–Crippen LogP) is 5.22. The number of fused-ring (bicyclic) bond motifs is 1. The number of methoxy groups -OCH3 is 1. The fraction of sp³-hybridized carbons (Fsp3) is 0.172. The summed E-state index contributed by atoms with van der Waals surface area (Å²) in [7, 11) is 1.52. The number of ether oxygens (including phenoxy) is 2. The summed E-state index contributed by atoms with van der Waals surface area (Å²) in [6, 6.07) is 16.2. The molecule has 1 aromatic heterocycles. The Kier molecular flexibility index (Phi) is 6.09. The number of nitrogens with one attached hydrogen (secondary N) is 1. The molecule has 8 heteroatoms. The van der Waals surface area contributed by atoms with Gasteiger partial charge in [-0.3, -0.25) is 14.5 Å². The van der Waals surface area contributed by atoms with Crippen molar-refractivity contribution >= 4 is 34.0 Å². The normalized spacial score (nSPS) is 16.9. The van der Waals surface area contributed by atoms with Gasteiger partial charge in [-0.2, -0.15) is 0 Å². The van der Waals surface area contributed by atoms with Gasteiger partial charge in [0.05, 0.1) is 31.0 Å². The molecule has 1 saturated heterocycles. The second-order valence-electron chi connectivity index (χ2n) is 8.75. The van der Waals surface area contributed by atoms with Gasteiger partial charge in [0.25, 0.3) is 11.7 Å². The van der Waals surface area contributed by atoms with Crippen LogP contribution in [0.25, 0.3) is 16.7 Å². The summed E-state index contributed by atoms with van der Waals surface area (Å²) < 4.78 is 11.2. The Labute approximate surface area is 213 Å². The SMILES string of the molecule is CCOc1cc(C2/C(=C(/O)c3c[nH]c4ccccc34)C(=O)C(=O)N2c2cc(C)ccc2O)ccc1OC. The second-order valence-corrected chi connectivity index (χ2v) is 8.75. The maximum Gasteiger partial charge on any atom is 0.300 e. The highest BCUT2D eigenvalue weighted by Gasteiger charge is 2.48. The molecule has 188 valence electrons. The van der Waals surface area contributed by atoms with E-state index in [1.807, 2.05) is 38.1 Å². The molecule has 0 bridgehead atoms. The standard InChI is InChI=1S/C29H26N2O6/c1-4-37-24-14-17(10-12-23(24)36-3)26-25(27(33)19-15-30-20-8-6-5-7-18(19)20)28(34)29(35)31(26)21-13-16(2)9-11-22(21)32/h5-15,26,30,32-33H,4H2,1-3H3/b27-25-. The molecule has 3 aromatic carbocycles. The Morgan fingerprint density at radius 3 is 2.59 bits per heavy atom. The van der Waals surface area contributed by atoms with Crippen molar-refractivity contribution < 1.29 is 29.3 Å². The molecule has 5 rings (SSSR count). The quantitative estimate of drug-likeness (QED) is 0.191. The Morgan fingerprint density at radius 2 is 1.84 bits per heavy atom. The molecule has 1 unspecified atom stereocenters. The van der Waals surface area contributed by atoms with E-state index in [0.717, 1.165) is 11.1 Å². The summed E-state index contributed by atoms with van der Waals surface area (Å²) >= 11 is 0. The minimum atomic E-state index is -1.04. The smallest absolute Gasteiger partial charge is 0.300 e. The summed E-state index contributed by atoms with van der Waals surface area (Å²) in [4.78, 5) is 31.3. The molecule has 0 spiro atoms. The van der Waals surface area contributed by atoms with E-state index < -0.39 is 17.7 Å². The first-order valence-electron chi connectivity index (χ1n) is 11.8. The van der Waals surface area contributed by atoms with Crippen LogP contribution >= 0.6 is 0 Å².